The number of nitrogens with one attached hydrogen (secondary N) is 1. The average Bonchev–Trinajstić information content (AvgIpc) is 3.11. The Balaban J connectivity index is 1.48. The molecule has 0 saturated carbocycles. The summed E-state index contributed by atoms with van der Waals surface area (Å²) in [5.74, 6) is -0.503. The Bertz CT molecular complexity index is 897. The summed E-state index contributed by atoms with van der Waals surface area (Å²) >= 11 is 5.67. The van der Waals surface area contributed by atoms with Crippen molar-refractivity contribution in [2.45, 2.75) is 17.4 Å². The van der Waals surface area contributed by atoms with Crippen molar-refractivity contribution in [1.82, 2.24) is 5.32 Å². The third-order valence-electron chi connectivity index (χ3n) is 4.24. The number of halogens is 2. The smallest absolute Gasteiger partial charge is 0.258 e. The summed E-state index contributed by atoms with van der Waals surface area (Å²) in [6, 6.07) is 10.5. The molecule has 3 rings (SSSR count). The maximum atomic E-state index is 13.1. The van der Waals surface area contributed by atoms with Gasteiger partial charge in [0.1, 0.15) is 11.6 Å². The van der Waals surface area contributed by atoms with Crippen LogP contribution in [-0.2, 0) is 15.5 Å². The van der Waals surface area contributed by atoms with Crippen molar-refractivity contribution in [3.63, 3.8) is 0 Å². The first kappa shape index (κ1) is 19.4. The Kier molecular flexibility index (Phi) is 6.18. The normalized spacial score (nSPS) is 16.6. The Morgan fingerprint density at radius 2 is 2.00 bits per heavy atom. The van der Waals surface area contributed by atoms with Crippen LogP contribution in [0.5, 0.6) is 5.75 Å². The Labute approximate surface area is 162 Å². The molecule has 1 heterocycles. The zero-order valence-electron chi connectivity index (χ0n) is 14.2. The van der Waals surface area contributed by atoms with Gasteiger partial charge in [0.05, 0.1) is 9.92 Å². The first-order valence-electron chi connectivity index (χ1n) is 8.29. The van der Waals surface area contributed by atoms with Crippen LogP contribution in [0, 0.1) is 5.82 Å². The summed E-state index contributed by atoms with van der Waals surface area (Å²) in [7, 11) is -2.59. The number of nitrogens with zero attached hydrogens (tertiary/aromatic N) is 1. The molecule has 1 N–H and O–H groups in total. The van der Waals surface area contributed by atoms with Crippen LogP contribution in [0.1, 0.15) is 6.42 Å². The molecule has 0 unspecified atom stereocenters. The first-order valence-corrected chi connectivity index (χ1v) is 9.84. The van der Waals surface area contributed by atoms with Gasteiger partial charge in [-0.2, -0.15) is 0 Å². The van der Waals surface area contributed by atoms with Crippen LogP contribution < -0.4 is 15.0 Å². The van der Waals surface area contributed by atoms with Crippen LogP contribution in [0.4, 0.5) is 10.1 Å². The molecule has 2 aromatic rings. The minimum absolute atomic E-state index is 0.0336. The molecule has 27 heavy (non-hydrogen) atoms. The number of hydrogen-bond donors (Lipinski definition) is 2. The van der Waals surface area contributed by atoms with Gasteiger partial charge in [-0.15, -0.1) is 0 Å². The summed E-state index contributed by atoms with van der Waals surface area (Å²) in [6.07, 6.45) is 0.770. The van der Waals surface area contributed by atoms with E-state index in [4.69, 9.17) is 16.3 Å². The Morgan fingerprint density at radius 1 is 1.26 bits per heavy atom. The van der Waals surface area contributed by atoms with E-state index in [1.165, 1.54) is 18.2 Å². The molecule has 0 bridgehead atoms. The predicted octanol–water partition coefficient (Wildman–Crippen LogP) is 2.22. The number of hydrogen-bond acceptors (Lipinski definition) is 5. The topological polar surface area (TPSA) is 75.7 Å². The van der Waals surface area contributed by atoms with Crippen molar-refractivity contribution in [2.24, 2.45) is 0 Å². The Morgan fingerprint density at radius 3 is 2.67 bits per heavy atom. The summed E-state index contributed by atoms with van der Waals surface area (Å²) in [5.41, 5.74) is 0.907. The van der Waals surface area contributed by atoms with E-state index >= 15 is 0 Å². The minimum Gasteiger partial charge on any atom is -0.484 e. The Hall–Kier alpha value is -2.32. The quantitative estimate of drug-likeness (QED) is 0.711. The number of anilines is 1. The summed E-state index contributed by atoms with van der Waals surface area (Å²) in [6.45, 7) is 1.18. The van der Waals surface area contributed by atoms with E-state index in [0.717, 1.165) is 18.7 Å². The van der Waals surface area contributed by atoms with E-state index in [9.17, 15) is 17.6 Å². The van der Waals surface area contributed by atoms with Gasteiger partial charge >= 0.3 is 0 Å². The number of rotatable bonds is 6. The van der Waals surface area contributed by atoms with Crippen molar-refractivity contribution in [1.29, 1.82) is 0 Å². The van der Waals surface area contributed by atoms with Gasteiger partial charge in [-0.25, -0.2) is 12.8 Å². The van der Waals surface area contributed by atoms with E-state index in [1.54, 1.807) is 24.3 Å². The number of thiol groups is 1. The lowest BCUT2D eigenvalue weighted by molar-refractivity contribution is -0.123. The van der Waals surface area contributed by atoms with E-state index in [0.29, 0.717) is 12.3 Å². The zero-order chi connectivity index (χ0) is 19.4. The molecule has 1 saturated heterocycles. The molecule has 2 aromatic carbocycles. The molecule has 1 atom stereocenters. The van der Waals surface area contributed by atoms with Crippen LogP contribution in [0.3, 0.4) is 0 Å². The van der Waals surface area contributed by atoms with Crippen molar-refractivity contribution in [3.8, 4) is 5.75 Å². The number of benzene rings is 2. The van der Waals surface area contributed by atoms with Gasteiger partial charge in [-0.05, 0) is 42.8 Å². The minimum atomic E-state index is -2.59. The van der Waals surface area contributed by atoms with Crippen LogP contribution in [0.25, 0.3) is 0 Å². The largest absolute Gasteiger partial charge is 0.484 e. The molecule has 0 radical (unpaired) electrons. The lowest BCUT2D eigenvalue weighted by atomic mass is 10.2. The lowest BCUT2D eigenvalue weighted by Gasteiger charge is -2.19. The fourth-order valence-corrected chi connectivity index (χ4v) is 3.45. The highest BCUT2D eigenvalue weighted by molar-refractivity contribution is 7.72. The monoisotopic (exact) mass is 412 g/mol. The average molecular weight is 413 g/mol. The standard InChI is InChI=1S/C18H18ClFN2O4S/c19-16-9-14(3-6-17(16)20)26-11-18(23)21-12-7-8-22(10-12)13-1-4-15(5-2-13)27(24)25/h1-6,9,12,27H,7-8,10-11H2,(H,21,23)/t12-/m0/s1. The SMILES string of the molecule is O=C(COc1ccc(F)c(Cl)c1)N[C@H]1CCN(c2ccc([SH](=O)=O)cc2)C1. The van der Waals surface area contributed by atoms with E-state index in [-0.39, 0.29) is 28.5 Å². The van der Waals surface area contributed by atoms with E-state index in [2.05, 4.69) is 10.2 Å². The van der Waals surface area contributed by atoms with Gasteiger partial charge in [0.15, 0.2) is 17.3 Å². The van der Waals surface area contributed by atoms with Crippen LogP contribution in [0.2, 0.25) is 5.02 Å². The number of amides is 1. The maximum absolute atomic E-state index is 13.1. The second-order valence-corrected chi connectivity index (χ2v) is 7.58. The molecule has 1 amide bonds. The van der Waals surface area contributed by atoms with E-state index in [1.807, 2.05) is 0 Å². The van der Waals surface area contributed by atoms with Crippen LogP contribution in [0.15, 0.2) is 47.4 Å². The van der Waals surface area contributed by atoms with Gasteiger partial charge < -0.3 is 15.0 Å². The third-order valence-corrected chi connectivity index (χ3v) is 5.25. The first-order chi connectivity index (χ1) is 12.9. The lowest BCUT2D eigenvalue weighted by Crippen LogP contribution is -2.39. The zero-order valence-corrected chi connectivity index (χ0v) is 15.9. The molecular formula is C18H18ClFN2O4S. The highest BCUT2D eigenvalue weighted by Gasteiger charge is 2.24. The second kappa shape index (κ2) is 8.58. The van der Waals surface area contributed by atoms with Gasteiger partial charge in [0, 0.05) is 30.9 Å². The number of carbonyl (C=O) groups is 1. The molecular weight excluding hydrogens is 395 g/mol. The molecule has 1 aliphatic heterocycles. The third kappa shape index (κ3) is 5.11. The van der Waals surface area contributed by atoms with Gasteiger partial charge in [0.25, 0.3) is 5.91 Å². The van der Waals surface area contributed by atoms with Gasteiger partial charge in [-0.3, -0.25) is 4.79 Å². The molecule has 0 aliphatic carbocycles. The fraction of sp³-hybridized carbons (Fsp3) is 0.278. The van der Waals surface area contributed by atoms with Crippen LogP contribution in [-0.4, -0.2) is 40.1 Å². The molecule has 1 fully saturated rings. The highest BCUT2D eigenvalue weighted by Crippen LogP contribution is 2.22. The van der Waals surface area contributed by atoms with E-state index < -0.39 is 16.5 Å². The highest BCUT2D eigenvalue weighted by atomic mass is 35.5. The summed E-state index contributed by atoms with van der Waals surface area (Å²) in [4.78, 5) is 14.4. The maximum Gasteiger partial charge on any atom is 0.258 e. The predicted molar refractivity (Wildman–Crippen MR) is 101 cm³/mol. The molecule has 9 heteroatoms. The van der Waals surface area contributed by atoms with Crippen molar-refractivity contribution >= 4 is 33.9 Å². The molecule has 144 valence electrons. The fourth-order valence-electron chi connectivity index (χ4n) is 2.88. The van der Waals surface area contributed by atoms with Crippen molar-refractivity contribution in [3.05, 3.63) is 53.3 Å². The molecule has 0 spiro atoms. The summed E-state index contributed by atoms with van der Waals surface area (Å²) < 4.78 is 40.3. The molecule has 6 nitrogen and oxygen atoms in total. The number of ether oxygens (including phenoxy) is 1. The second-order valence-electron chi connectivity index (χ2n) is 6.14. The van der Waals surface area contributed by atoms with Crippen molar-refractivity contribution in [2.75, 3.05) is 24.6 Å². The number of carbonyl (C=O) groups excluding carboxylic acids is 1. The molecule has 0 aromatic heterocycles. The van der Waals surface area contributed by atoms with Gasteiger partial charge in [0.2, 0.25) is 0 Å². The van der Waals surface area contributed by atoms with Crippen LogP contribution >= 0.6 is 11.6 Å². The summed E-state index contributed by atoms with van der Waals surface area (Å²) in [5, 5.41) is 2.83. The van der Waals surface area contributed by atoms with Gasteiger partial charge in [-0.1, -0.05) is 11.6 Å². The van der Waals surface area contributed by atoms with Crippen molar-refractivity contribution < 1.29 is 22.3 Å². The molecule has 1 aliphatic rings.